The van der Waals surface area contributed by atoms with E-state index in [0.29, 0.717) is 5.69 Å². The fourth-order valence-electron chi connectivity index (χ4n) is 4.99. The fourth-order valence-corrected chi connectivity index (χ4v) is 5.29. The topological polar surface area (TPSA) is 103 Å². The van der Waals surface area contributed by atoms with E-state index in [1.165, 1.54) is 0 Å². The Bertz CT molecular complexity index is 2180. The molecule has 0 unspecified atom stereocenters. The molecule has 0 atom stereocenters. The van der Waals surface area contributed by atoms with Crippen molar-refractivity contribution >= 4 is 77.6 Å². The Hall–Kier alpha value is -5.57. The highest BCUT2D eigenvalue weighted by atomic mass is 35.5. The van der Waals surface area contributed by atoms with Gasteiger partial charge in [0.1, 0.15) is 11.5 Å². The summed E-state index contributed by atoms with van der Waals surface area (Å²) in [6.07, 6.45) is 0. The van der Waals surface area contributed by atoms with E-state index in [9.17, 15) is 9.59 Å². The summed E-state index contributed by atoms with van der Waals surface area (Å²) in [4.78, 5) is 38.0. The van der Waals surface area contributed by atoms with E-state index in [-0.39, 0.29) is 40.6 Å². The number of carbonyl (C=O) groups is 2. The molecule has 45 heavy (non-hydrogen) atoms. The maximum absolute atomic E-state index is 12.4. The summed E-state index contributed by atoms with van der Waals surface area (Å²) in [5, 5.41) is 7.07. The van der Waals surface area contributed by atoms with Crippen molar-refractivity contribution < 1.29 is 19.1 Å². The second kappa shape index (κ2) is 11.8. The lowest BCUT2D eigenvalue weighted by Crippen LogP contribution is -2.06. The smallest absolute Gasteiger partial charge is 0.330 e. The van der Waals surface area contributed by atoms with Crippen molar-refractivity contribution in [1.29, 1.82) is 0 Å². The molecule has 0 aliphatic heterocycles. The summed E-state index contributed by atoms with van der Waals surface area (Å²) in [5.41, 5.74) is 0.958. The lowest BCUT2D eigenvalue weighted by Gasteiger charge is -2.13. The van der Waals surface area contributed by atoms with Crippen LogP contribution in [0.5, 0.6) is 23.5 Å². The van der Waals surface area contributed by atoms with Crippen LogP contribution in [0.3, 0.4) is 0 Å². The Morgan fingerprint density at radius 3 is 1.40 bits per heavy atom. The summed E-state index contributed by atoms with van der Waals surface area (Å²) in [7, 11) is 0. The number of fused-ring (bicyclic) bond motifs is 3. The van der Waals surface area contributed by atoms with E-state index < -0.39 is 10.5 Å². The number of hydrogen-bond acceptors (Lipinski definition) is 8. The van der Waals surface area contributed by atoms with Gasteiger partial charge < -0.3 is 14.8 Å². The molecule has 0 saturated carbocycles. The molecule has 1 N–H and O–H groups in total. The highest BCUT2D eigenvalue weighted by Gasteiger charge is 2.19. The normalized spacial score (nSPS) is 11.1. The number of hydrogen-bond donors (Lipinski definition) is 1. The van der Waals surface area contributed by atoms with Gasteiger partial charge in [0.05, 0.1) is 11.1 Å². The summed E-state index contributed by atoms with van der Waals surface area (Å²) in [6.45, 7) is 0. The summed E-state index contributed by atoms with van der Waals surface area (Å²) in [6, 6.07) is 34.9. The summed E-state index contributed by atoms with van der Waals surface area (Å²) in [5.74, 6) is 0.374. The quantitative estimate of drug-likeness (QED) is 0.166. The number of rotatable bonds is 8. The predicted molar refractivity (Wildman–Crippen MR) is 175 cm³/mol. The van der Waals surface area contributed by atoms with Gasteiger partial charge in [-0.05, 0) is 91.9 Å². The third kappa shape index (κ3) is 5.97. The van der Waals surface area contributed by atoms with Gasteiger partial charge in [-0.25, -0.2) is 0 Å². The van der Waals surface area contributed by atoms with E-state index in [1.54, 1.807) is 24.3 Å². The predicted octanol–water partition coefficient (Wildman–Crippen LogP) is 9.42. The highest BCUT2D eigenvalue weighted by Crippen LogP contribution is 2.34. The van der Waals surface area contributed by atoms with Crippen LogP contribution in [0, 0.1) is 0 Å². The molecular weight excluding hydrogens is 611 g/mol. The van der Waals surface area contributed by atoms with Gasteiger partial charge in [-0.1, -0.05) is 78.9 Å². The van der Waals surface area contributed by atoms with Crippen LogP contribution in [0.4, 0.5) is 11.6 Å². The molecule has 6 aromatic carbocycles. The average Bonchev–Trinajstić information content (AvgIpc) is 3.04. The Kier molecular flexibility index (Phi) is 7.42. The van der Waals surface area contributed by atoms with E-state index in [2.05, 4.69) is 20.3 Å². The standard InChI is InChI=1S/C35H20Cl2N4O4/c36-31(42)27-16-22-9-3-5-11-24(22)18-29(27)44-34-39-33(38-26-14-13-20-7-1-2-8-21(20)15-26)40-35(41-34)45-30-19-25-12-6-4-10-23(25)17-28(30)32(37)43/h1-19H,(H,38,39,40,41). The second-order valence-corrected chi connectivity index (χ2v) is 10.7. The first-order chi connectivity index (χ1) is 21.9. The van der Waals surface area contributed by atoms with Crippen LogP contribution >= 0.6 is 23.2 Å². The van der Waals surface area contributed by atoms with Crippen LogP contribution < -0.4 is 14.8 Å². The minimum atomic E-state index is -0.711. The Balaban J connectivity index is 1.32. The number of halogens is 2. The Morgan fingerprint density at radius 1 is 0.511 bits per heavy atom. The number of anilines is 2. The first kappa shape index (κ1) is 28.2. The van der Waals surface area contributed by atoms with E-state index >= 15 is 0 Å². The van der Waals surface area contributed by atoms with Gasteiger partial charge in [-0.2, -0.15) is 9.97 Å². The van der Waals surface area contributed by atoms with Crippen molar-refractivity contribution in [3.05, 3.63) is 126 Å². The molecule has 0 aliphatic rings. The molecule has 0 aliphatic carbocycles. The van der Waals surface area contributed by atoms with Crippen molar-refractivity contribution in [2.75, 3.05) is 5.32 Å². The molecule has 0 bridgehead atoms. The molecule has 10 heteroatoms. The van der Waals surface area contributed by atoms with Crippen molar-refractivity contribution in [3.8, 4) is 23.5 Å². The first-order valence-corrected chi connectivity index (χ1v) is 14.5. The zero-order chi connectivity index (χ0) is 30.9. The second-order valence-electron chi connectivity index (χ2n) is 10.1. The van der Waals surface area contributed by atoms with Crippen LogP contribution in [-0.4, -0.2) is 25.4 Å². The molecule has 0 saturated heterocycles. The molecule has 1 heterocycles. The number of aromatic nitrogens is 3. The van der Waals surface area contributed by atoms with Gasteiger partial charge in [-0.3, -0.25) is 9.59 Å². The van der Waals surface area contributed by atoms with E-state index in [4.69, 9.17) is 32.7 Å². The van der Waals surface area contributed by atoms with E-state index in [1.807, 2.05) is 91.0 Å². The summed E-state index contributed by atoms with van der Waals surface area (Å²) < 4.78 is 12.1. The lowest BCUT2D eigenvalue weighted by atomic mass is 10.1. The largest absolute Gasteiger partial charge is 0.423 e. The number of nitrogens with one attached hydrogen (secondary N) is 1. The lowest BCUT2D eigenvalue weighted by molar-refractivity contribution is 0.107. The first-order valence-electron chi connectivity index (χ1n) is 13.7. The minimum Gasteiger partial charge on any atom is -0.423 e. The van der Waals surface area contributed by atoms with Crippen LogP contribution in [-0.2, 0) is 0 Å². The molecule has 0 amide bonds. The molecule has 0 radical (unpaired) electrons. The van der Waals surface area contributed by atoms with Crippen molar-refractivity contribution in [1.82, 2.24) is 15.0 Å². The van der Waals surface area contributed by atoms with E-state index in [0.717, 1.165) is 32.3 Å². The van der Waals surface area contributed by atoms with Gasteiger partial charge >= 0.3 is 12.0 Å². The molecule has 0 spiro atoms. The number of benzene rings is 6. The van der Waals surface area contributed by atoms with Crippen LogP contribution in [0.15, 0.2) is 115 Å². The molecule has 7 aromatic rings. The van der Waals surface area contributed by atoms with Crippen LogP contribution in [0.25, 0.3) is 32.3 Å². The van der Waals surface area contributed by atoms with Crippen molar-refractivity contribution in [3.63, 3.8) is 0 Å². The zero-order valence-electron chi connectivity index (χ0n) is 23.2. The van der Waals surface area contributed by atoms with Crippen LogP contribution in [0.2, 0.25) is 0 Å². The third-order valence-corrected chi connectivity index (χ3v) is 7.53. The summed E-state index contributed by atoms with van der Waals surface area (Å²) >= 11 is 11.9. The van der Waals surface area contributed by atoms with Gasteiger partial charge in [0, 0.05) is 5.69 Å². The van der Waals surface area contributed by atoms with Crippen LogP contribution in [0.1, 0.15) is 20.7 Å². The molecule has 0 fully saturated rings. The van der Waals surface area contributed by atoms with Gasteiger partial charge in [0.25, 0.3) is 10.5 Å². The monoisotopic (exact) mass is 630 g/mol. The molecule has 218 valence electrons. The maximum Gasteiger partial charge on any atom is 0.330 e. The molecular formula is C35H20Cl2N4O4. The van der Waals surface area contributed by atoms with Crippen molar-refractivity contribution in [2.24, 2.45) is 0 Å². The SMILES string of the molecule is O=C(Cl)c1cc2ccccc2cc1Oc1nc(Nc2ccc3ccccc3c2)nc(Oc2cc3ccccc3cc2C(=O)Cl)n1. The maximum atomic E-state index is 12.4. The third-order valence-electron chi connectivity index (χ3n) is 7.12. The number of nitrogens with zero attached hydrogens (tertiary/aromatic N) is 3. The zero-order valence-corrected chi connectivity index (χ0v) is 24.7. The fraction of sp³-hybridized carbons (Fsp3) is 0. The molecule has 1 aromatic heterocycles. The van der Waals surface area contributed by atoms with Gasteiger partial charge in [0.15, 0.2) is 0 Å². The Morgan fingerprint density at radius 2 is 0.933 bits per heavy atom. The van der Waals surface area contributed by atoms with Gasteiger partial charge in [0.2, 0.25) is 5.95 Å². The minimum absolute atomic E-state index is 0.0874. The number of carbonyl (C=O) groups excluding carboxylic acids is 2. The number of ether oxygens (including phenoxy) is 2. The highest BCUT2D eigenvalue weighted by molar-refractivity contribution is 6.68. The molecule has 8 nitrogen and oxygen atoms in total. The van der Waals surface area contributed by atoms with Gasteiger partial charge in [-0.15, -0.1) is 4.98 Å². The van der Waals surface area contributed by atoms with Crippen molar-refractivity contribution in [2.45, 2.75) is 0 Å². The average molecular weight is 631 g/mol. The molecule has 7 rings (SSSR count). The Labute approximate surface area is 266 Å².